The molecule has 2 aromatic carbocycles. The third-order valence-electron chi connectivity index (χ3n) is 9.75. The van der Waals surface area contributed by atoms with Gasteiger partial charge in [0.15, 0.2) is 5.78 Å². The number of rotatable bonds is 20. The first kappa shape index (κ1) is 44.4. The number of aryl methyl sites for hydroxylation is 1. The number of alkyl halides is 3. The van der Waals surface area contributed by atoms with Crippen LogP contribution in [0.1, 0.15) is 77.0 Å². The van der Waals surface area contributed by atoms with E-state index in [1.165, 1.54) is 12.1 Å². The monoisotopic (exact) mass is 787 g/mol. The van der Waals surface area contributed by atoms with Gasteiger partial charge in [-0.15, -0.1) is 0 Å². The lowest BCUT2D eigenvalue weighted by Crippen LogP contribution is -2.59. The maximum absolute atomic E-state index is 14.1. The van der Waals surface area contributed by atoms with Crippen LogP contribution >= 0.6 is 0 Å². The van der Waals surface area contributed by atoms with Crippen LogP contribution in [-0.4, -0.2) is 97.1 Å². The number of ether oxygens (including phenoxy) is 2. The van der Waals surface area contributed by atoms with E-state index in [2.05, 4.69) is 21.3 Å². The van der Waals surface area contributed by atoms with Gasteiger partial charge in [-0.05, 0) is 74.1 Å². The van der Waals surface area contributed by atoms with E-state index in [4.69, 9.17) is 9.47 Å². The highest BCUT2D eigenvalue weighted by Crippen LogP contribution is 2.30. The second-order valence-corrected chi connectivity index (χ2v) is 15.8. The lowest BCUT2D eigenvalue weighted by molar-refractivity contribution is -0.137. The number of nitrogens with zero attached hydrogens (tertiary/aromatic N) is 1. The van der Waals surface area contributed by atoms with E-state index in [1.54, 1.807) is 6.92 Å². The van der Waals surface area contributed by atoms with Gasteiger partial charge in [-0.2, -0.15) is 13.2 Å². The third-order valence-corrected chi connectivity index (χ3v) is 9.75. The Hall–Kier alpha value is -4.34. The number of carbonyl (C=O) groups is 5. The summed E-state index contributed by atoms with van der Waals surface area (Å²) in [6.45, 7) is 10.9. The Bertz CT molecular complexity index is 1630. The van der Waals surface area contributed by atoms with Gasteiger partial charge in [0.1, 0.15) is 23.7 Å². The second-order valence-electron chi connectivity index (χ2n) is 15.8. The van der Waals surface area contributed by atoms with Crippen molar-refractivity contribution in [2.75, 3.05) is 33.0 Å². The van der Waals surface area contributed by atoms with Gasteiger partial charge in [-0.1, -0.05) is 70.2 Å². The summed E-state index contributed by atoms with van der Waals surface area (Å²) < 4.78 is 50.8. The summed E-state index contributed by atoms with van der Waals surface area (Å²) in [7, 11) is 0. The van der Waals surface area contributed by atoms with E-state index < -0.39 is 59.2 Å². The van der Waals surface area contributed by atoms with Crippen LogP contribution < -0.4 is 21.3 Å². The minimum atomic E-state index is -4.57. The number of halogens is 3. The van der Waals surface area contributed by atoms with Crippen molar-refractivity contribution in [3.8, 4) is 0 Å². The summed E-state index contributed by atoms with van der Waals surface area (Å²) in [5, 5.41) is 11.1. The fourth-order valence-electron chi connectivity index (χ4n) is 6.56. The smallest absolute Gasteiger partial charge is 0.366 e. The van der Waals surface area contributed by atoms with E-state index in [-0.39, 0.29) is 62.4 Å². The first-order valence-corrected chi connectivity index (χ1v) is 19.3. The fraction of sp³-hybridized carbons (Fsp3) is 0.585. The highest BCUT2D eigenvalue weighted by atomic mass is 19.4. The minimum Gasteiger partial charge on any atom is -0.366 e. The maximum atomic E-state index is 14.1. The van der Waals surface area contributed by atoms with E-state index in [1.807, 2.05) is 62.9 Å². The molecule has 0 saturated carbocycles. The first-order chi connectivity index (χ1) is 26.4. The first-order valence-electron chi connectivity index (χ1n) is 19.3. The van der Waals surface area contributed by atoms with Crippen molar-refractivity contribution >= 4 is 29.4 Å². The number of carbonyl (C=O) groups excluding carboxylic acids is 5. The number of nitrogens with one attached hydrogen (secondary N) is 4. The molecule has 2 aliphatic rings. The van der Waals surface area contributed by atoms with Crippen LogP contribution in [0.2, 0.25) is 0 Å². The molecule has 4 N–H and O–H groups in total. The molecular formula is C41H56F3N5O7. The molecule has 0 spiro atoms. The number of amides is 4. The Morgan fingerprint density at radius 1 is 0.768 bits per heavy atom. The second kappa shape index (κ2) is 20.2. The average Bonchev–Trinajstić information content (AvgIpc) is 3.90. The topological polar surface area (TPSA) is 158 Å². The Labute approximate surface area is 327 Å². The van der Waals surface area contributed by atoms with Gasteiger partial charge in [0.2, 0.25) is 23.6 Å². The molecule has 12 nitrogen and oxygen atoms in total. The SMILES string of the molecule is CC(C)C[C@H](NC(=O)[C@H](CCc1ccccc1)NC(=O)CN1CCCOC1)C(=O)N[C@@H](Cc1ccc(C(F)(F)F)cc1)C(=O)N[C@@H](CC(C)C)C(=O)[C@@]1(C)CO1. The van der Waals surface area contributed by atoms with Crippen molar-refractivity contribution in [3.05, 3.63) is 71.3 Å². The zero-order chi connectivity index (χ0) is 41.0. The summed E-state index contributed by atoms with van der Waals surface area (Å²) in [5.41, 5.74) is -0.631. The Morgan fingerprint density at radius 3 is 1.91 bits per heavy atom. The number of hydrogen-bond donors (Lipinski definition) is 4. The van der Waals surface area contributed by atoms with Crippen LogP contribution in [0, 0.1) is 11.8 Å². The van der Waals surface area contributed by atoms with Crippen molar-refractivity contribution < 1.29 is 46.6 Å². The normalized spacial score (nSPS) is 19.4. The standard InChI is InChI=1S/C41H56F3N5O7/c1-26(2)20-32(36(51)40(5)24-56-40)46-39(54)34(22-29-12-15-30(16-13-29)41(42,43)44)48-38(53)33(21-27(3)4)47-37(52)31(17-14-28-10-7-6-8-11-28)45-35(50)23-49-18-9-19-55-25-49/h6-8,10-13,15-16,26-27,31-34H,9,14,17-25H2,1-5H3,(H,45,50)(H,46,54)(H,47,52)(H,48,53)/t31-,32-,33-,34-,40+/m0/s1. The molecule has 2 heterocycles. The van der Waals surface area contributed by atoms with Gasteiger partial charge in [-0.25, -0.2) is 0 Å². The van der Waals surface area contributed by atoms with Gasteiger partial charge in [0, 0.05) is 19.6 Å². The molecule has 0 bridgehead atoms. The summed E-state index contributed by atoms with van der Waals surface area (Å²) in [6.07, 6.45) is -2.85. The molecule has 56 heavy (non-hydrogen) atoms. The highest BCUT2D eigenvalue weighted by Gasteiger charge is 2.50. The zero-order valence-corrected chi connectivity index (χ0v) is 32.9. The van der Waals surface area contributed by atoms with E-state index in [0.29, 0.717) is 31.9 Å². The molecule has 2 aromatic rings. The van der Waals surface area contributed by atoms with Crippen LogP contribution in [0.3, 0.4) is 0 Å². The molecule has 15 heteroatoms. The minimum absolute atomic E-state index is 0.00343. The van der Waals surface area contributed by atoms with E-state index in [9.17, 15) is 37.1 Å². The van der Waals surface area contributed by atoms with E-state index >= 15 is 0 Å². The van der Waals surface area contributed by atoms with Crippen molar-refractivity contribution in [2.45, 2.75) is 109 Å². The van der Waals surface area contributed by atoms with Crippen LogP contribution in [0.15, 0.2) is 54.6 Å². The molecule has 4 rings (SSSR count). The molecule has 0 unspecified atom stereocenters. The number of Topliss-reactive ketones (excluding diaryl/α,β-unsaturated/α-hetero) is 1. The van der Waals surface area contributed by atoms with Gasteiger partial charge in [-0.3, -0.25) is 28.9 Å². The summed E-state index contributed by atoms with van der Waals surface area (Å²) in [4.78, 5) is 70.4. The van der Waals surface area contributed by atoms with Crippen molar-refractivity contribution in [1.29, 1.82) is 0 Å². The van der Waals surface area contributed by atoms with Crippen molar-refractivity contribution in [1.82, 2.24) is 26.2 Å². The van der Waals surface area contributed by atoms with Gasteiger partial charge in [0.05, 0.1) is 31.5 Å². The van der Waals surface area contributed by atoms with Gasteiger partial charge < -0.3 is 30.7 Å². The van der Waals surface area contributed by atoms with Gasteiger partial charge in [0.25, 0.3) is 0 Å². The molecular weight excluding hydrogens is 731 g/mol. The predicted octanol–water partition coefficient (Wildman–Crippen LogP) is 3.95. The zero-order valence-electron chi connectivity index (χ0n) is 32.9. The van der Waals surface area contributed by atoms with Crippen molar-refractivity contribution in [3.63, 3.8) is 0 Å². The summed E-state index contributed by atoms with van der Waals surface area (Å²) >= 11 is 0. The molecule has 0 radical (unpaired) electrons. The number of ketones is 1. The van der Waals surface area contributed by atoms with Crippen LogP contribution in [-0.2, 0) is 52.5 Å². The van der Waals surface area contributed by atoms with Crippen LogP contribution in [0.5, 0.6) is 0 Å². The average molecular weight is 788 g/mol. The van der Waals surface area contributed by atoms with Crippen molar-refractivity contribution in [2.24, 2.45) is 11.8 Å². The molecule has 2 aliphatic heterocycles. The van der Waals surface area contributed by atoms with Crippen LogP contribution in [0.25, 0.3) is 0 Å². The molecule has 308 valence electrons. The molecule has 5 atom stereocenters. The molecule has 2 fully saturated rings. The molecule has 4 amide bonds. The Balaban J connectivity index is 1.56. The third kappa shape index (κ3) is 14.0. The van der Waals surface area contributed by atoms with Crippen LogP contribution in [0.4, 0.5) is 13.2 Å². The summed E-state index contributed by atoms with van der Waals surface area (Å²) in [6, 6.07) is 9.27. The Kier molecular flexibility index (Phi) is 16.0. The quantitative estimate of drug-likeness (QED) is 0.147. The van der Waals surface area contributed by atoms with E-state index in [0.717, 1.165) is 24.1 Å². The number of hydrogen-bond acceptors (Lipinski definition) is 8. The van der Waals surface area contributed by atoms with Gasteiger partial charge >= 0.3 is 6.18 Å². The number of epoxide rings is 1. The molecule has 0 aromatic heterocycles. The lowest BCUT2D eigenvalue weighted by Gasteiger charge is -2.29. The molecule has 0 aliphatic carbocycles. The summed E-state index contributed by atoms with van der Waals surface area (Å²) in [5.74, 6) is -2.80. The number of benzene rings is 2. The molecule has 2 saturated heterocycles. The largest absolute Gasteiger partial charge is 0.416 e. The lowest BCUT2D eigenvalue weighted by atomic mass is 9.93. The maximum Gasteiger partial charge on any atom is 0.416 e. The predicted molar refractivity (Wildman–Crippen MR) is 203 cm³/mol. The Morgan fingerprint density at radius 2 is 1.34 bits per heavy atom. The highest BCUT2D eigenvalue weighted by molar-refractivity contribution is 5.98. The fourth-order valence-corrected chi connectivity index (χ4v) is 6.56.